The van der Waals surface area contributed by atoms with E-state index in [2.05, 4.69) is 25.6 Å². The molecule has 3 heterocycles. The molecule has 0 bridgehead atoms. The largest absolute Gasteiger partial charge is 0.479 e. The van der Waals surface area contributed by atoms with Gasteiger partial charge < -0.3 is 25.7 Å². The molecule has 1 aromatic heterocycles. The first-order chi connectivity index (χ1) is 15.2. The minimum atomic E-state index is -1.32. The molecule has 1 unspecified atom stereocenters. The zero-order valence-electron chi connectivity index (χ0n) is 16.4. The van der Waals surface area contributed by atoms with E-state index < -0.39 is 41.8 Å². The summed E-state index contributed by atoms with van der Waals surface area (Å²) in [5.74, 6) is -4.19. The molecular weight excluding hydrogens is 466 g/mol. The second-order valence-corrected chi connectivity index (χ2v) is 8.33. The fraction of sp³-hybridized carbons (Fsp3) is 0.353. The summed E-state index contributed by atoms with van der Waals surface area (Å²) in [5.41, 5.74) is 1.39. The van der Waals surface area contributed by atoms with Crippen molar-refractivity contribution in [3.8, 4) is 0 Å². The van der Waals surface area contributed by atoms with Crippen molar-refractivity contribution in [1.29, 1.82) is 0 Å². The number of amides is 3. The van der Waals surface area contributed by atoms with E-state index in [0.717, 1.165) is 4.90 Å². The van der Waals surface area contributed by atoms with Gasteiger partial charge >= 0.3 is 11.9 Å². The first kappa shape index (κ1) is 23.2. The molecule has 32 heavy (non-hydrogen) atoms. The number of aliphatic carboxylic acids is 2. The molecule has 1 fully saturated rings. The summed E-state index contributed by atoms with van der Waals surface area (Å²) in [6, 6.07) is -1.03. The van der Waals surface area contributed by atoms with E-state index in [4.69, 9.17) is 5.11 Å². The molecule has 0 saturated carbocycles. The van der Waals surface area contributed by atoms with Crippen LogP contribution in [0.5, 0.6) is 0 Å². The van der Waals surface area contributed by atoms with Crippen LogP contribution in [0.3, 0.4) is 0 Å². The predicted octanol–water partition coefficient (Wildman–Crippen LogP) is -1.18. The molecule has 15 heteroatoms. The van der Waals surface area contributed by atoms with Crippen molar-refractivity contribution in [2.24, 2.45) is 5.16 Å². The lowest BCUT2D eigenvalue weighted by atomic mass is 10.0. The molecule has 1 saturated heterocycles. The fourth-order valence-corrected chi connectivity index (χ4v) is 4.83. The Morgan fingerprint density at radius 1 is 1.34 bits per heavy atom. The zero-order chi connectivity index (χ0) is 23.4. The van der Waals surface area contributed by atoms with E-state index in [1.54, 1.807) is 0 Å². The van der Waals surface area contributed by atoms with Crippen molar-refractivity contribution < 1.29 is 39.0 Å². The van der Waals surface area contributed by atoms with Crippen LogP contribution in [0.2, 0.25) is 0 Å². The number of carbonyl (C=O) groups excluding carboxylic acids is 3. The second-order valence-electron chi connectivity index (χ2n) is 6.51. The number of aromatic nitrogens is 1. The summed E-state index contributed by atoms with van der Waals surface area (Å²) in [4.78, 5) is 68.6. The molecule has 3 rings (SSSR count). The number of thioether (sulfide) groups is 1. The average Bonchev–Trinajstić information content (AvgIpc) is 3.26. The molecule has 0 aliphatic carbocycles. The minimum absolute atomic E-state index is 0.0148. The van der Waals surface area contributed by atoms with E-state index in [-0.39, 0.29) is 35.3 Å². The highest BCUT2D eigenvalue weighted by molar-refractivity contribution is 8.00. The number of nitrogens with zero attached hydrogens (tertiary/aromatic N) is 3. The third kappa shape index (κ3) is 4.88. The Labute approximate surface area is 188 Å². The lowest BCUT2D eigenvalue weighted by Gasteiger charge is -2.49. The van der Waals surface area contributed by atoms with Crippen LogP contribution < -0.4 is 10.6 Å². The van der Waals surface area contributed by atoms with Crippen molar-refractivity contribution in [1.82, 2.24) is 20.5 Å². The Morgan fingerprint density at radius 2 is 2.09 bits per heavy atom. The summed E-state index contributed by atoms with van der Waals surface area (Å²) in [6.07, 6.45) is 0. The number of nitrogens with one attached hydrogen (secondary N) is 2. The Hall–Kier alpha value is -3.46. The summed E-state index contributed by atoms with van der Waals surface area (Å²) in [5, 5.41) is 27.6. The van der Waals surface area contributed by atoms with Gasteiger partial charge in [-0.2, -0.15) is 0 Å². The fourth-order valence-electron chi connectivity index (χ4n) is 2.95. The molecule has 3 amide bonds. The van der Waals surface area contributed by atoms with Gasteiger partial charge in [-0.25, -0.2) is 14.6 Å². The van der Waals surface area contributed by atoms with Crippen molar-refractivity contribution in [2.75, 3.05) is 18.9 Å². The van der Waals surface area contributed by atoms with Gasteiger partial charge in [0.1, 0.15) is 22.8 Å². The molecule has 2 atom stereocenters. The molecule has 2 aliphatic heterocycles. The molecule has 13 nitrogen and oxygen atoms in total. The van der Waals surface area contributed by atoms with E-state index in [1.807, 2.05) is 0 Å². The third-order valence-corrected chi connectivity index (χ3v) is 6.25. The highest BCUT2D eigenvalue weighted by Gasteiger charge is 2.54. The molecule has 170 valence electrons. The average molecular weight is 483 g/mol. The van der Waals surface area contributed by atoms with Crippen LogP contribution in [0.25, 0.3) is 0 Å². The van der Waals surface area contributed by atoms with Crippen LogP contribution in [0.1, 0.15) is 12.6 Å². The first-order valence-corrected chi connectivity index (χ1v) is 11.0. The number of β-lactam (4-membered cyclic amide) rings is 1. The van der Waals surface area contributed by atoms with Crippen molar-refractivity contribution in [3.05, 3.63) is 27.9 Å². The molecule has 0 radical (unpaired) electrons. The summed E-state index contributed by atoms with van der Waals surface area (Å²) in [7, 11) is 0. The number of hydrogen-bond acceptors (Lipinski definition) is 10. The van der Waals surface area contributed by atoms with Crippen LogP contribution >= 0.6 is 23.1 Å². The highest BCUT2D eigenvalue weighted by atomic mass is 32.2. The Kier molecular flexibility index (Phi) is 7.09. The summed E-state index contributed by atoms with van der Waals surface area (Å²) < 4.78 is 0. The van der Waals surface area contributed by atoms with Gasteiger partial charge in [0, 0.05) is 24.6 Å². The van der Waals surface area contributed by atoms with Crippen molar-refractivity contribution in [3.63, 3.8) is 0 Å². The molecule has 4 N–H and O–H groups in total. The number of carboxylic acid groups (broad SMARTS) is 2. The number of fused-ring (bicyclic) bond motifs is 1. The van der Waals surface area contributed by atoms with E-state index in [0.29, 0.717) is 5.57 Å². The van der Waals surface area contributed by atoms with Gasteiger partial charge in [-0.1, -0.05) is 5.16 Å². The second kappa shape index (κ2) is 9.78. The number of carbonyl (C=O) groups is 5. The van der Waals surface area contributed by atoms with E-state index in [9.17, 15) is 29.1 Å². The molecular formula is C17H17N5O8S2. The van der Waals surface area contributed by atoms with Gasteiger partial charge in [-0.05, 0) is 5.57 Å². The van der Waals surface area contributed by atoms with Crippen molar-refractivity contribution >= 4 is 58.5 Å². The maximum Gasteiger partial charge on any atom is 0.352 e. The van der Waals surface area contributed by atoms with E-state index >= 15 is 0 Å². The monoisotopic (exact) mass is 483 g/mol. The van der Waals surface area contributed by atoms with Gasteiger partial charge in [-0.3, -0.25) is 19.3 Å². The Balaban J connectivity index is 1.76. The van der Waals surface area contributed by atoms with Gasteiger partial charge in [-0.15, -0.1) is 23.1 Å². The SMILES string of the molecule is CC(=O)NCC1=C(C(=O)O)N2C(=O)C(NC(=O)/C(=N\OCC(=O)O)c3cscn3)[C@H]2SC1. The summed E-state index contributed by atoms with van der Waals surface area (Å²) >= 11 is 2.40. The Bertz CT molecular complexity index is 1020. The van der Waals surface area contributed by atoms with Gasteiger partial charge in [0.15, 0.2) is 5.71 Å². The van der Waals surface area contributed by atoms with Crippen LogP contribution in [-0.4, -0.2) is 85.8 Å². The van der Waals surface area contributed by atoms with Gasteiger partial charge in [0.25, 0.3) is 11.8 Å². The van der Waals surface area contributed by atoms with Crippen LogP contribution in [0, 0.1) is 0 Å². The third-order valence-electron chi connectivity index (χ3n) is 4.32. The van der Waals surface area contributed by atoms with Gasteiger partial charge in [0.05, 0.1) is 5.51 Å². The molecule has 1 aromatic rings. The maximum absolute atomic E-state index is 12.7. The highest BCUT2D eigenvalue weighted by Crippen LogP contribution is 2.40. The Morgan fingerprint density at radius 3 is 2.69 bits per heavy atom. The zero-order valence-corrected chi connectivity index (χ0v) is 18.1. The number of carboxylic acids is 2. The van der Waals surface area contributed by atoms with Crippen molar-refractivity contribution in [2.45, 2.75) is 18.3 Å². The first-order valence-electron chi connectivity index (χ1n) is 8.96. The van der Waals surface area contributed by atoms with Gasteiger partial charge in [0.2, 0.25) is 12.5 Å². The lowest BCUT2D eigenvalue weighted by molar-refractivity contribution is -0.150. The standard InChI is InChI=1S/C17H17N5O8S2/c1-7(23)18-2-8-4-32-16-12(15(27)22(16)13(8)17(28)29)20-14(26)11(9-5-31-6-19-9)21-30-3-10(24)25/h5-6,12,16H,2-4H2,1H3,(H,18,23)(H,20,26)(H,24,25)(H,28,29)/b21-11-/t12?,16-/m1/s1. The van der Waals surface area contributed by atoms with E-state index in [1.165, 1.54) is 40.9 Å². The predicted molar refractivity (Wildman–Crippen MR) is 111 cm³/mol. The maximum atomic E-state index is 12.7. The molecule has 0 spiro atoms. The quantitative estimate of drug-likeness (QED) is 0.189. The topological polar surface area (TPSA) is 188 Å². The normalized spacial score (nSPS) is 20.2. The molecule has 0 aromatic carbocycles. The lowest BCUT2D eigenvalue weighted by Crippen LogP contribution is -2.71. The smallest absolute Gasteiger partial charge is 0.352 e. The molecule has 2 aliphatic rings. The minimum Gasteiger partial charge on any atom is -0.479 e. The summed E-state index contributed by atoms with van der Waals surface area (Å²) in [6.45, 7) is 0.500. The number of hydrogen-bond donors (Lipinski definition) is 4. The number of oxime groups is 1. The van der Waals surface area contributed by atoms with Crippen LogP contribution in [0.15, 0.2) is 27.3 Å². The number of rotatable bonds is 9. The number of thiazole rings is 1. The van der Waals surface area contributed by atoms with Crippen LogP contribution in [0.4, 0.5) is 0 Å². The van der Waals surface area contributed by atoms with Crippen LogP contribution in [-0.2, 0) is 28.8 Å².